The van der Waals surface area contributed by atoms with Gasteiger partial charge < -0.3 is 0 Å². The molecule has 1 unspecified atom stereocenters. The SMILES string of the molecule is Clc1cc(C2[CH]CS2)cc(Cl)c1Cl. The maximum atomic E-state index is 5.90. The van der Waals surface area contributed by atoms with Crippen molar-refractivity contribution >= 4 is 46.6 Å². The molecule has 13 heavy (non-hydrogen) atoms. The number of halogens is 3. The van der Waals surface area contributed by atoms with Gasteiger partial charge in [0.25, 0.3) is 0 Å². The summed E-state index contributed by atoms with van der Waals surface area (Å²) in [5.74, 6) is 1.10. The highest BCUT2D eigenvalue weighted by Crippen LogP contribution is 2.44. The molecule has 0 saturated carbocycles. The fourth-order valence-electron chi connectivity index (χ4n) is 1.16. The molecule has 1 aliphatic rings. The molecule has 0 bridgehead atoms. The highest BCUT2D eigenvalue weighted by Gasteiger charge is 2.22. The Labute approximate surface area is 96.6 Å². The summed E-state index contributed by atoms with van der Waals surface area (Å²) in [6, 6.07) is 3.76. The summed E-state index contributed by atoms with van der Waals surface area (Å²) in [6.45, 7) is 0. The van der Waals surface area contributed by atoms with E-state index < -0.39 is 0 Å². The first-order valence-corrected chi connectivity index (χ1v) is 5.96. The van der Waals surface area contributed by atoms with Crippen molar-refractivity contribution in [1.29, 1.82) is 0 Å². The largest absolute Gasteiger partial charge is 0.153 e. The van der Waals surface area contributed by atoms with Crippen LogP contribution in [0.25, 0.3) is 0 Å². The van der Waals surface area contributed by atoms with E-state index in [4.69, 9.17) is 34.8 Å². The van der Waals surface area contributed by atoms with Crippen LogP contribution < -0.4 is 0 Å². The monoisotopic (exact) mass is 251 g/mol. The summed E-state index contributed by atoms with van der Waals surface area (Å²) < 4.78 is 0. The lowest BCUT2D eigenvalue weighted by Crippen LogP contribution is -2.07. The molecule has 0 nitrogen and oxygen atoms in total. The minimum absolute atomic E-state index is 0.437. The van der Waals surface area contributed by atoms with Crippen LogP contribution >= 0.6 is 46.6 Å². The van der Waals surface area contributed by atoms with Crippen LogP contribution in [0.5, 0.6) is 0 Å². The average Bonchev–Trinajstić information content (AvgIpc) is 1.96. The fourth-order valence-corrected chi connectivity index (χ4v) is 2.49. The van der Waals surface area contributed by atoms with E-state index in [0.29, 0.717) is 20.3 Å². The minimum atomic E-state index is 0.437. The third kappa shape index (κ3) is 1.94. The van der Waals surface area contributed by atoms with Crippen molar-refractivity contribution in [1.82, 2.24) is 0 Å². The van der Waals surface area contributed by atoms with Crippen LogP contribution in [0, 0.1) is 6.42 Å². The molecule has 1 heterocycles. The van der Waals surface area contributed by atoms with Crippen LogP contribution in [-0.4, -0.2) is 5.75 Å². The van der Waals surface area contributed by atoms with Gasteiger partial charge in [0.1, 0.15) is 0 Å². The smallest absolute Gasteiger partial charge is 0.0778 e. The second-order valence-electron chi connectivity index (χ2n) is 2.79. The van der Waals surface area contributed by atoms with Gasteiger partial charge in [-0.3, -0.25) is 0 Å². The Hall–Kier alpha value is 0.440. The summed E-state index contributed by atoms with van der Waals surface area (Å²) in [5.41, 5.74) is 1.13. The van der Waals surface area contributed by atoms with Gasteiger partial charge in [0.15, 0.2) is 0 Å². The molecule has 69 valence electrons. The quantitative estimate of drug-likeness (QED) is 0.656. The molecule has 0 aromatic heterocycles. The minimum Gasteiger partial charge on any atom is -0.153 e. The second kappa shape index (κ2) is 3.90. The molecular formula is C9H6Cl3S. The molecule has 1 fully saturated rings. The summed E-state index contributed by atoms with van der Waals surface area (Å²) >= 11 is 19.5. The molecule has 0 amide bonds. The van der Waals surface area contributed by atoms with Crippen molar-refractivity contribution in [2.75, 3.05) is 5.75 Å². The van der Waals surface area contributed by atoms with Crippen LogP contribution in [0.15, 0.2) is 12.1 Å². The van der Waals surface area contributed by atoms with Crippen LogP contribution in [-0.2, 0) is 0 Å². The average molecular weight is 253 g/mol. The van der Waals surface area contributed by atoms with E-state index in [-0.39, 0.29) is 0 Å². The fraction of sp³-hybridized carbons (Fsp3) is 0.222. The predicted molar refractivity (Wildman–Crippen MR) is 61.0 cm³/mol. The van der Waals surface area contributed by atoms with Crippen LogP contribution in [0.1, 0.15) is 10.8 Å². The maximum Gasteiger partial charge on any atom is 0.0778 e. The molecule has 1 saturated heterocycles. The molecule has 1 aromatic carbocycles. The molecule has 1 atom stereocenters. The number of thioether (sulfide) groups is 1. The Kier molecular flexibility index (Phi) is 2.99. The topological polar surface area (TPSA) is 0 Å². The zero-order valence-electron chi connectivity index (χ0n) is 6.56. The van der Waals surface area contributed by atoms with E-state index in [0.717, 1.165) is 11.3 Å². The zero-order chi connectivity index (χ0) is 9.42. The number of hydrogen-bond acceptors (Lipinski definition) is 1. The van der Waals surface area contributed by atoms with E-state index in [1.54, 1.807) is 0 Å². The van der Waals surface area contributed by atoms with Crippen molar-refractivity contribution < 1.29 is 0 Å². The van der Waals surface area contributed by atoms with Gasteiger partial charge in [-0.1, -0.05) is 34.8 Å². The van der Waals surface area contributed by atoms with Crippen molar-refractivity contribution in [2.45, 2.75) is 5.25 Å². The highest BCUT2D eigenvalue weighted by molar-refractivity contribution is 8.01. The van der Waals surface area contributed by atoms with Gasteiger partial charge >= 0.3 is 0 Å². The lowest BCUT2D eigenvalue weighted by molar-refractivity contribution is 1.06. The van der Waals surface area contributed by atoms with E-state index in [2.05, 4.69) is 6.42 Å². The summed E-state index contributed by atoms with van der Waals surface area (Å²) in [4.78, 5) is 0. The highest BCUT2D eigenvalue weighted by atomic mass is 35.5. The van der Waals surface area contributed by atoms with Gasteiger partial charge in [0.2, 0.25) is 0 Å². The lowest BCUT2D eigenvalue weighted by Gasteiger charge is -2.25. The lowest BCUT2D eigenvalue weighted by atomic mass is 10.1. The summed E-state index contributed by atoms with van der Waals surface area (Å²) in [6.07, 6.45) is 2.22. The maximum absolute atomic E-state index is 5.90. The Morgan fingerprint density at radius 2 is 1.69 bits per heavy atom. The first kappa shape index (κ1) is 9.97. The molecule has 1 aliphatic heterocycles. The molecule has 0 spiro atoms. The number of benzene rings is 1. The standard InChI is InChI=1S/C9H6Cl3S/c10-6-3-5(8-1-2-13-8)4-7(11)9(6)12/h1,3-4,8H,2H2. The summed E-state index contributed by atoms with van der Waals surface area (Å²) in [5, 5.41) is 1.94. The van der Waals surface area contributed by atoms with E-state index in [9.17, 15) is 0 Å². The third-order valence-corrected chi connectivity index (χ3v) is 4.33. The molecule has 0 aliphatic carbocycles. The van der Waals surface area contributed by atoms with Gasteiger partial charge in [-0.2, -0.15) is 11.8 Å². The van der Waals surface area contributed by atoms with E-state index >= 15 is 0 Å². The van der Waals surface area contributed by atoms with E-state index in [1.165, 1.54) is 0 Å². The Morgan fingerprint density at radius 3 is 2.08 bits per heavy atom. The molecular weight excluding hydrogens is 247 g/mol. The third-order valence-electron chi connectivity index (χ3n) is 1.92. The van der Waals surface area contributed by atoms with Crippen molar-refractivity contribution in [3.63, 3.8) is 0 Å². The van der Waals surface area contributed by atoms with Gasteiger partial charge in [-0.15, -0.1) is 0 Å². The van der Waals surface area contributed by atoms with Gasteiger partial charge in [-0.25, -0.2) is 0 Å². The second-order valence-corrected chi connectivity index (χ2v) is 5.16. The first-order valence-electron chi connectivity index (χ1n) is 3.78. The van der Waals surface area contributed by atoms with Crippen LogP contribution in [0.4, 0.5) is 0 Å². The van der Waals surface area contributed by atoms with Crippen LogP contribution in [0.2, 0.25) is 15.1 Å². The summed E-state index contributed by atoms with van der Waals surface area (Å²) in [7, 11) is 0. The van der Waals surface area contributed by atoms with Crippen molar-refractivity contribution in [3.8, 4) is 0 Å². The molecule has 4 heteroatoms. The van der Waals surface area contributed by atoms with Crippen molar-refractivity contribution in [2.24, 2.45) is 0 Å². The zero-order valence-corrected chi connectivity index (χ0v) is 9.64. The Bertz CT molecular complexity index is 311. The molecule has 1 radical (unpaired) electrons. The number of hydrogen-bond donors (Lipinski definition) is 0. The molecule has 0 N–H and O–H groups in total. The Balaban J connectivity index is 2.37. The van der Waals surface area contributed by atoms with E-state index in [1.807, 2.05) is 23.9 Å². The molecule has 2 rings (SSSR count). The first-order chi connectivity index (χ1) is 6.18. The molecule has 1 aromatic rings. The van der Waals surface area contributed by atoms with Crippen molar-refractivity contribution in [3.05, 3.63) is 39.2 Å². The van der Waals surface area contributed by atoms with Gasteiger partial charge in [-0.05, 0) is 29.9 Å². The van der Waals surface area contributed by atoms with Gasteiger partial charge in [0, 0.05) is 5.25 Å². The number of rotatable bonds is 1. The normalized spacial score (nSPS) is 21.3. The van der Waals surface area contributed by atoms with Gasteiger partial charge in [0.05, 0.1) is 15.1 Å². The predicted octanol–water partition coefficient (Wildman–Crippen LogP) is 4.64. The Morgan fingerprint density at radius 1 is 1.15 bits per heavy atom. The van der Waals surface area contributed by atoms with Crippen LogP contribution in [0.3, 0.4) is 0 Å².